The van der Waals surface area contributed by atoms with E-state index in [9.17, 15) is 4.79 Å². The van der Waals surface area contributed by atoms with E-state index in [2.05, 4.69) is 10.6 Å². The van der Waals surface area contributed by atoms with Gasteiger partial charge in [0.1, 0.15) is 0 Å². The molecule has 106 valence electrons. The van der Waals surface area contributed by atoms with Crippen molar-refractivity contribution in [2.75, 3.05) is 6.54 Å². The van der Waals surface area contributed by atoms with Crippen LogP contribution in [0.15, 0.2) is 24.3 Å². The van der Waals surface area contributed by atoms with E-state index in [1.807, 2.05) is 31.2 Å². The fourth-order valence-corrected chi connectivity index (χ4v) is 2.59. The Bertz CT molecular complexity index is 420. The van der Waals surface area contributed by atoms with E-state index in [0.717, 1.165) is 31.4 Å². The molecule has 0 bridgehead atoms. The second-order valence-corrected chi connectivity index (χ2v) is 5.16. The van der Waals surface area contributed by atoms with Crippen LogP contribution in [-0.2, 0) is 4.79 Å². The highest BCUT2D eigenvalue weighted by molar-refractivity contribution is 6.31. The van der Waals surface area contributed by atoms with Gasteiger partial charge >= 0.3 is 0 Å². The van der Waals surface area contributed by atoms with E-state index in [1.165, 1.54) is 0 Å². The van der Waals surface area contributed by atoms with Crippen molar-refractivity contribution in [2.45, 2.75) is 38.3 Å². The van der Waals surface area contributed by atoms with Crippen LogP contribution < -0.4 is 10.6 Å². The van der Waals surface area contributed by atoms with Gasteiger partial charge in [-0.3, -0.25) is 4.79 Å². The summed E-state index contributed by atoms with van der Waals surface area (Å²) in [7, 11) is 0. The van der Waals surface area contributed by atoms with Gasteiger partial charge in [0.2, 0.25) is 5.91 Å². The van der Waals surface area contributed by atoms with Gasteiger partial charge in [-0.2, -0.15) is 0 Å². The van der Waals surface area contributed by atoms with Gasteiger partial charge in [-0.15, -0.1) is 12.4 Å². The Hall–Kier alpha value is -0.770. The molecular weight excluding hydrogens is 283 g/mol. The quantitative estimate of drug-likeness (QED) is 0.901. The number of carbonyl (C=O) groups excluding carboxylic acids is 1. The molecule has 5 heteroatoms. The molecule has 1 aromatic carbocycles. The maximum absolute atomic E-state index is 12.1. The van der Waals surface area contributed by atoms with Gasteiger partial charge in [0, 0.05) is 5.02 Å². The van der Waals surface area contributed by atoms with Gasteiger partial charge in [-0.1, -0.05) is 36.2 Å². The number of piperidine rings is 1. The molecule has 1 aromatic rings. The third kappa shape index (κ3) is 4.37. The SMILES string of the molecule is CC(NC(=O)C1CCCCN1)c1ccccc1Cl.Cl. The van der Waals surface area contributed by atoms with Crippen LogP contribution in [0.25, 0.3) is 0 Å². The topological polar surface area (TPSA) is 41.1 Å². The van der Waals surface area contributed by atoms with Gasteiger partial charge in [-0.05, 0) is 37.9 Å². The Balaban J connectivity index is 0.00000180. The fraction of sp³-hybridized carbons (Fsp3) is 0.500. The van der Waals surface area contributed by atoms with Crippen LogP contribution >= 0.6 is 24.0 Å². The van der Waals surface area contributed by atoms with Crippen LogP contribution in [0.2, 0.25) is 5.02 Å². The van der Waals surface area contributed by atoms with Crippen LogP contribution in [0, 0.1) is 0 Å². The van der Waals surface area contributed by atoms with Gasteiger partial charge in [0.05, 0.1) is 12.1 Å². The van der Waals surface area contributed by atoms with Crippen molar-refractivity contribution in [3.63, 3.8) is 0 Å². The Morgan fingerprint density at radius 2 is 2.16 bits per heavy atom. The summed E-state index contributed by atoms with van der Waals surface area (Å²) < 4.78 is 0. The monoisotopic (exact) mass is 302 g/mol. The Morgan fingerprint density at radius 1 is 1.42 bits per heavy atom. The van der Waals surface area contributed by atoms with Crippen molar-refractivity contribution in [3.8, 4) is 0 Å². The zero-order valence-corrected chi connectivity index (χ0v) is 12.6. The van der Waals surface area contributed by atoms with Crippen LogP contribution in [0.5, 0.6) is 0 Å². The van der Waals surface area contributed by atoms with E-state index in [4.69, 9.17) is 11.6 Å². The van der Waals surface area contributed by atoms with E-state index < -0.39 is 0 Å². The third-order valence-corrected chi connectivity index (χ3v) is 3.70. The van der Waals surface area contributed by atoms with Crippen molar-refractivity contribution in [3.05, 3.63) is 34.9 Å². The summed E-state index contributed by atoms with van der Waals surface area (Å²) in [5.74, 6) is 0.0714. The molecule has 0 radical (unpaired) electrons. The molecule has 1 amide bonds. The number of hydrogen-bond acceptors (Lipinski definition) is 2. The molecule has 0 saturated carbocycles. The zero-order chi connectivity index (χ0) is 13.0. The molecule has 2 unspecified atom stereocenters. The lowest BCUT2D eigenvalue weighted by molar-refractivity contribution is -0.124. The van der Waals surface area contributed by atoms with Crippen molar-refractivity contribution in [1.82, 2.24) is 10.6 Å². The maximum Gasteiger partial charge on any atom is 0.237 e. The molecular formula is C14H20Cl2N2O. The van der Waals surface area contributed by atoms with Gasteiger partial charge in [-0.25, -0.2) is 0 Å². The van der Waals surface area contributed by atoms with Crippen molar-refractivity contribution in [1.29, 1.82) is 0 Å². The average molecular weight is 303 g/mol. The summed E-state index contributed by atoms with van der Waals surface area (Å²) >= 11 is 6.12. The molecule has 1 heterocycles. The first-order valence-electron chi connectivity index (χ1n) is 6.46. The minimum absolute atomic E-state index is 0. The van der Waals surface area contributed by atoms with E-state index in [-0.39, 0.29) is 30.4 Å². The minimum Gasteiger partial charge on any atom is -0.348 e. The van der Waals surface area contributed by atoms with Crippen LogP contribution in [-0.4, -0.2) is 18.5 Å². The number of hydrogen-bond donors (Lipinski definition) is 2. The first kappa shape index (κ1) is 16.3. The van der Waals surface area contributed by atoms with Crippen molar-refractivity contribution in [2.24, 2.45) is 0 Å². The number of amides is 1. The molecule has 19 heavy (non-hydrogen) atoms. The normalized spacial score (nSPS) is 20.2. The number of carbonyl (C=O) groups is 1. The number of rotatable bonds is 3. The first-order valence-corrected chi connectivity index (χ1v) is 6.84. The number of halogens is 2. The van der Waals surface area contributed by atoms with Crippen LogP contribution in [0.1, 0.15) is 37.8 Å². The van der Waals surface area contributed by atoms with E-state index in [0.29, 0.717) is 5.02 Å². The molecule has 2 atom stereocenters. The molecule has 0 aliphatic carbocycles. The second-order valence-electron chi connectivity index (χ2n) is 4.75. The van der Waals surface area contributed by atoms with Crippen molar-refractivity contribution < 1.29 is 4.79 Å². The van der Waals surface area contributed by atoms with Crippen LogP contribution in [0.3, 0.4) is 0 Å². The van der Waals surface area contributed by atoms with Crippen LogP contribution in [0.4, 0.5) is 0 Å². The molecule has 1 aliphatic heterocycles. The molecule has 2 N–H and O–H groups in total. The van der Waals surface area contributed by atoms with E-state index >= 15 is 0 Å². The van der Waals surface area contributed by atoms with Crippen molar-refractivity contribution >= 4 is 29.9 Å². The molecule has 3 nitrogen and oxygen atoms in total. The Kier molecular flexibility index (Phi) is 6.63. The summed E-state index contributed by atoms with van der Waals surface area (Å²) in [5.41, 5.74) is 0.961. The third-order valence-electron chi connectivity index (χ3n) is 3.36. The largest absolute Gasteiger partial charge is 0.348 e. The predicted molar refractivity (Wildman–Crippen MR) is 80.9 cm³/mol. The highest BCUT2D eigenvalue weighted by Crippen LogP contribution is 2.22. The summed E-state index contributed by atoms with van der Waals surface area (Å²) in [5, 5.41) is 6.96. The number of nitrogens with one attached hydrogen (secondary N) is 2. The Morgan fingerprint density at radius 3 is 2.79 bits per heavy atom. The van der Waals surface area contributed by atoms with Gasteiger partial charge in [0.15, 0.2) is 0 Å². The first-order chi connectivity index (χ1) is 8.68. The lowest BCUT2D eigenvalue weighted by atomic mass is 10.0. The molecule has 2 rings (SSSR count). The molecule has 1 saturated heterocycles. The number of benzene rings is 1. The molecule has 0 spiro atoms. The summed E-state index contributed by atoms with van der Waals surface area (Å²) in [4.78, 5) is 12.1. The maximum atomic E-state index is 12.1. The minimum atomic E-state index is -0.0603. The Labute approximate surface area is 125 Å². The lowest BCUT2D eigenvalue weighted by Gasteiger charge is -2.25. The highest BCUT2D eigenvalue weighted by Gasteiger charge is 2.22. The second kappa shape index (κ2) is 7.73. The summed E-state index contributed by atoms with van der Waals surface area (Å²) in [6.45, 7) is 2.89. The molecule has 1 fully saturated rings. The standard InChI is InChI=1S/C14H19ClN2O.ClH/c1-10(11-6-2-3-7-12(11)15)17-14(18)13-8-4-5-9-16-13;/h2-3,6-7,10,13,16H,4-5,8-9H2,1H3,(H,17,18);1H. The summed E-state index contributed by atoms with van der Waals surface area (Å²) in [6, 6.07) is 7.50. The summed E-state index contributed by atoms with van der Waals surface area (Å²) in [6.07, 6.45) is 3.19. The molecule has 0 aromatic heterocycles. The van der Waals surface area contributed by atoms with E-state index in [1.54, 1.807) is 0 Å². The average Bonchev–Trinajstić information content (AvgIpc) is 2.40. The zero-order valence-electron chi connectivity index (χ0n) is 11.0. The van der Waals surface area contributed by atoms with Gasteiger partial charge in [0.25, 0.3) is 0 Å². The predicted octanol–water partition coefficient (Wildman–Crippen LogP) is 3.08. The highest BCUT2D eigenvalue weighted by atomic mass is 35.5. The smallest absolute Gasteiger partial charge is 0.237 e. The fourth-order valence-electron chi connectivity index (χ4n) is 2.29. The van der Waals surface area contributed by atoms with Gasteiger partial charge < -0.3 is 10.6 Å². The lowest BCUT2D eigenvalue weighted by Crippen LogP contribution is -2.47. The molecule has 1 aliphatic rings.